The van der Waals surface area contributed by atoms with Gasteiger partial charge in [0.05, 0.1) is 18.4 Å². The number of aromatic nitrogens is 3. The molecule has 4 heterocycles. The van der Waals surface area contributed by atoms with Crippen molar-refractivity contribution in [2.45, 2.75) is 39.2 Å². The van der Waals surface area contributed by atoms with Crippen LogP contribution in [0.5, 0.6) is 5.75 Å². The third-order valence-electron chi connectivity index (χ3n) is 6.42. The van der Waals surface area contributed by atoms with Crippen LogP contribution in [0.1, 0.15) is 41.1 Å². The van der Waals surface area contributed by atoms with Crippen molar-refractivity contribution in [2.75, 3.05) is 38.2 Å². The van der Waals surface area contributed by atoms with E-state index in [0.717, 1.165) is 73.0 Å². The van der Waals surface area contributed by atoms with E-state index in [9.17, 15) is 4.79 Å². The Kier molecular flexibility index (Phi) is 5.26. The highest BCUT2D eigenvalue weighted by Crippen LogP contribution is 2.29. The van der Waals surface area contributed by atoms with E-state index in [1.807, 2.05) is 36.1 Å². The molecule has 0 atom stereocenters. The van der Waals surface area contributed by atoms with Gasteiger partial charge in [-0.15, -0.1) is 0 Å². The Hall–Kier alpha value is -3.09. The monoisotopic (exact) mass is 419 g/mol. The highest BCUT2D eigenvalue weighted by molar-refractivity contribution is 6.04. The van der Waals surface area contributed by atoms with Crippen LogP contribution in [0.2, 0.25) is 0 Å². The molecule has 0 N–H and O–H groups in total. The Balaban J connectivity index is 1.40. The first-order chi connectivity index (χ1) is 15.2. The van der Waals surface area contributed by atoms with Crippen molar-refractivity contribution in [3.8, 4) is 5.75 Å². The lowest BCUT2D eigenvalue weighted by molar-refractivity contribution is 0.0748. The minimum absolute atomic E-state index is 0.0587. The molecule has 162 valence electrons. The van der Waals surface area contributed by atoms with Crippen molar-refractivity contribution < 1.29 is 9.53 Å². The molecule has 1 fully saturated rings. The van der Waals surface area contributed by atoms with Gasteiger partial charge in [0.1, 0.15) is 17.1 Å². The predicted octanol–water partition coefficient (Wildman–Crippen LogP) is 3.44. The minimum Gasteiger partial charge on any atom is -0.495 e. The Morgan fingerprint density at radius 1 is 1.00 bits per heavy atom. The number of piperazine rings is 1. The quantitative estimate of drug-likeness (QED) is 0.651. The number of para-hydroxylation sites is 2. The number of carbonyl (C=O) groups excluding carboxylic acids is 1. The Morgan fingerprint density at radius 3 is 2.61 bits per heavy atom. The average molecular weight is 420 g/mol. The molecule has 2 aliphatic rings. The van der Waals surface area contributed by atoms with Crippen LogP contribution in [-0.2, 0) is 13.0 Å². The number of benzene rings is 1. The zero-order chi connectivity index (χ0) is 21.4. The van der Waals surface area contributed by atoms with E-state index < -0.39 is 0 Å². The third kappa shape index (κ3) is 3.62. The standard InChI is InChI=1S/C24H29N5O2/c1-17-16-18(22-23(25-17)29-11-7-3-4-10-21(29)26-22)24(30)28-14-12-27(13-15-28)19-8-5-6-9-20(19)31-2/h5-6,8-9,16H,3-4,7,10-15H2,1-2H3. The molecule has 0 aliphatic carbocycles. The lowest BCUT2D eigenvalue weighted by Gasteiger charge is -2.36. The van der Waals surface area contributed by atoms with E-state index in [2.05, 4.69) is 15.5 Å². The van der Waals surface area contributed by atoms with Crippen molar-refractivity contribution in [3.63, 3.8) is 0 Å². The van der Waals surface area contributed by atoms with E-state index in [-0.39, 0.29) is 5.91 Å². The molecule has 3 aromatic rings. The Morgan fingerprint density at radius 2 is 1.81 bits per heavy atom. The van der Waals surface area contributed by atoms with Gasteiger partial charge in [0.25, 0.3) is 5.91 Å². The summed E-state index contributed by atoms with van der Waals surface area (Å²) in [4.78, 5) is 27.4. The summed E-state index contributed by atoms with van der Waals surface area (Å²) in [6, 6.07) is 9.96. The molecule has 2 aliphatic heterocycles. The van der Waals surface area contributed by atoms with Crippen LogP contribution in [0.15, 0.2) is 30.3 Å². The second kappa shape index (κ2) is 8.21. The fourth-order valence-electron chi connectivity index (χ4n) is 4.79. The molecule has 0 unspecified atom stereocenters. The molecule has 2 aromatic heterocycles. The number of nitrogens with zero attached hydrogens (tertiary/aromatic N) is 5. The molecular formula is C24H29N5O2. The predicted molar refractivity (Wildman–Crippen MR) is 121 cm³/mol. The maximum absolute atomic E-state index is 13.5. The number of anilines is 1. The van der Waals surface area contributed by atoms with Crippen LogP contribution >= 0.6 is 0 Å². The van der Waals surface area contributed by atoms with Gasteiger partial charge in [0, 0.05) is 44.8 Å². The summed E-state index contributed by atoms with van der Waals surface area (Å²) >= 11 is 0. The molecular weight excluding hydrogens is 390 g/mol. The lowest BCUT2D eigenvalue weighted by Crippen LogP contribution is -2.49. The van der Waals surface area contributed by atoms with Crippen molar-refractivity contribution in [2.24, 2.45) is 0 Å². The summed E-state index contributed by atoms with van der Waals surface area (Å²) in [7, 11) is 1.70. The van der Waals surface area contributed by atoms with Crippen LogP contribution in [0.3, 0.4) is 0 Å². The number of pyridine rings is 1. The topological polar surface area (TPSA) is 63.5 Å². The zero-order valence-corrected chi connectivity index (χ0v) is 18.3. The van der Waals surface area contributed by atoms with Crippen molar-refractivity contribution in [1.29, 1.82) is 0 Å². The van der Waals surface area contributed by atoms with E-state index in [1.165, 1.54) is 6.42 Å². The maximum Gasteiger partial charge on any atom is 0.256 e. The fourth-order valence-corrected chi connectivity index (χ4v) is 4.79. The number of hydrogen-bond donors (Lipinski definition) is 0. The van der Waals surface area contributed by atoms with Gasteiger partial charge in [-0.2, -0.15) is 0 Å². The third-order valence-corrected chi connectivity index (χ3v) is 6.42. The van der Waals surface area contributed by atoms with E-state index in [1.54, 1.807) is 7.11 Å². The first kappa shape index (κ1) is 19.8. The summed E-state index contributed by atoms with van der Waals surface area (Å²) in [6.07, 6.45) is 4.47. The molecule has 0 bridgehead atoms. The number of fused-ring (bicyclic) bond motifs is 3. The molecule has 31 heavy (non-hydrogen) atoms. The van der Waals surface area contributed by atoms with Gasteiger partial charge in [-0.05, 0) is 38.0 Å². The molecule has 0 spiro atoms. The van der Waals surface area contributed by atoms with Crippen LogP contribution in [0.25, 0.3) is 11.2 Å². The molecule has 7 nitrogen and oxygen atoms in total. The second-order valence-electron chi connectivity index (χ2n) is 8.42. The maximum atomic E-state index is 13.5. The molecule has 1 amide bonds. The summed E-state index contributed by atoms with van der Waals surface area (Å²) < 4.78 is 7.74. The minimum atomic E-state index is 0.0587. The van der Waals surface area contributed by atoms with Gasteiger partial charge < -0.3 is 19.1 Å². The van der Waals surface area contributed by atoms with Crippen LogP contribution in [-0.4, -0.2) is 58.6 Å². The molecule has 5 rings (SSSR count). The first-order valence-electron chi connectivity index (χ1n) is 11.2. The smallest absolute Gasteiger partial charge is 0.256 e. The van der Waals surface area contributed by atoms with Crippen molar-refractivity contribution in [1.82, 2.24) is 19.4 Å². The largest absolute Gasteiger partial charge is 0.495 e. The summed E-state index contributed by atoms with van der Waals surface area (Å²) in [6.45, 7) is 5.80. The number of amides is 1. The number of aryl methyl sites for hydroxylation is 3. The Labute approximate surface area is 182 Å². The second-order valence-corrected chi connectivity index (χ2v) is 8.42. The average Bonchev–Trinajstić information content (AvgIpc) is 2.98. The van der Waals surface area contributed by atoms with Crippen LogP contribution < -0.4 is 9.64 Å². The van der Waals surface area contributed by atoms with Gasteiger partial charge in [-0.1, -0.05) is 18.6 Å². The zero-order valence-electron chi connectivity index (χ0n) is 18.3. The van der Waals surface area contributed by atoms with Gasteiger partial charge in [0.15, 0.2) is 5.65 Å². The highest BCUT2D eigenvalue weighted by Gasteiger charge is 2.27. The SMILES string of the molecule is COc1ccccc1N1CCN(C(=O)c2cc(C)nc3c2nc2n3CCCCC2)CC1. The van der Waals surface area contributed by atoms with Gasteiger partial charge in [-0.3, -0.25) is 4.79 Å². The lowest BCUT2D eigenvalue weighted by atomic mass is 10.1. The number of ether oxygens (including phenoxy) is 1. The van der Waals surface area contributed by atoms with Gasteiger partial charge in [0.2, 0.25) is 0 Å². The van der Waals surface area contributed by atoms with Crippen LogP contribution in [0.4, 0.5) is 5.69 Å². The molecule has 0 saturated carbocycles. The van der Waals surface area contributed by atoms with Gasteiger partial charge in [-0.25, -0.2) is 9.97 Å². The van der Waals surface area contributed by atoms with Crippen molar-refractivity contribution in [3.05, 3.63) is 47.4 Å². The van der Waals surface area contributed by atoms with E-state index >= 15 is 0 Å². The number of rotatable bonds is 3. The summed E-state index contributed by atoms with van der Waals surface area (Å²) in [5.41, 5.74) is 4.27. The fraction of sp³-hybridized carbons (Fsp3) is 0.458. The summed E-state index contributed by atoms with van der Waals surface area (Å²) in [5, 5.41) is 0. The van der Waals surface area contributed by atoms with Crippen LogP contribution in [0, 0.1) is 6.92 Å². The molecule has 1 saturated heterocycles. The molecule has 0 radical (unpaired) electrons. The highest BCUT2D eigenvalue weighted by atomic mass is 16.5. The normalized spacial score (nSPS) is 16.8. The van der Waals surface area contributed by atoms with E-state index in [4.69, 9.17) is 14.7 Å². The van der Waals surface area contributed by atoms with Crippen molar-refractivity contribution >= 4 is 22.8 Å². The number of methoxy groups -OCH3 is 1. The number of carbonyl (C=O) groups is 1. The molecule has 7 heteroatoms. The van der Waals surface area contributed by atoms with Gasteiger partial charge >= 0.3 is 0 Å². The summed E-state index contributed by atoms with van der Waals surface area (Å²) in [5.74, 6) is 2.00. The molecule has 1 aromatic carbocycles. The number of imidazole rings is 1. The first-order valence-corrected chi connectivity index (χ1v) is 11.2. The number of hydrogen-bond acceptors (Lipinski definition) is 5. The Bertz CT molecular complexity index is 1110. The van der Waals surface area contributed by atoms with E-state index in [0.29, 0.717) is 18.7 Å².